The molecule has 4 heterocycles. The van der Waals surface area contributed by atoms with Gasteiger partial charge >= 0.3 is 0 Å². The van der Waals surface area contributed by atoms with Crippen molar-refractivity contribution in [2.24, 2.45) is 0 Å². The van der Waals surface area contributed by atoms with Crippen molar-refractivity contribution in [1.29, 1.82) is 0 Å². The second kappa shape index (κ2) is 7.22. The Morgan fingerprint density at radius 2 is 2.11 bits per heavy atom. The van der Waals surface area contributed by atoms with Crippen molar-refractivity contribution >= 4 is 23.1 Å². The van der Waals surface area contributed by atoms with Crippen LogP contribution in [0.5, 0.6) is 0 Å². The standard InChI is InChI=1S/C21H27N5O2/c1-13(11-27)23-20-7-16(26-10-18-6-17(26)12-28-18)8-21(25-20)24-19-5-4-15(9-22-19)14-2-3-14/h4-5,7-9,13-14,17-18,27H,2-3,6,10-12H2,1H3,(H2,22,23,24,25). The van der Waals surface area contributed by atoms with Gasteiger partial charge in [0.05, 0.1) is 25.4 Å². The molecular weight excluding hydrogens is 354 g/mol. The fourth-order valence-electron chi connectivity index (χ4n) is 4.10. The Labute approximate surface area is 165 Å². The first-order chi connectivity index (χ1) is 13.7. The number of morpholine rings is 1. The Kier molecular flexibility index (Phi) is 4.56. The summed E-state index contributed by atoms with van der Waals surface area (Å²) in [4.78, 5) is 11.7. The second-order valence-electron chi connectivity index (χ2n) is 8.20. The molecule has 1 saturated carbocycles. The number of nitrogens with one attached hydrogen (secondary N) is 2. The SMILES string of the molecule is CC(CO)Nc1cc(N2CC3CC2CO3)cc(Nc2ccc(C3CC3)cn2)n1. The normalized spacial score (nSPS) is 24.4. The summed E-state index contributed by atoms with van der Waals surface area (Å²) < 4.78 is 5.75. The van der Waals surface area contributed by atoms with Crippen LogP contribution in [-0.4, -0.2) is 53.0 Å². The molecule has 2 aliphatic heterocycles. The van der Waals surface area contributed by atoms with Gasteiger partial charge in [0, 0.05) is 36.6 Å². The number of pyridine rings is 2. The van der Waals surface area contributed by atoms with E-state index in [-0.39, 0.29) is 12.6 Å². The summed E-state index contributed by atoms with van der Waals surface area (Å²) >= 11 is 0. The van der Waals surface area contributed by atoms with Gasteiger partial charge in [0.15, 0.2) is 0 Å². The molecule has 2 bridgehead atoms. The summed E-state index contributed by atoms with van der Waals surface area (Å²) in [6.07, 6.45) is 5.94. The first-order valence-electron chi connectivity index (χ1n) is 10.2. The summed E-state index contributed by atoms with van der Waals surface area (Å²) in [5.74, 6) is 2.99. The third-order valence-corrected chi connectivity index (χ3v) is 5.80. The van der Waals surface area contributed by atoms with E-state index in [4.69, 9.17) is 4.74 Å². The molecular formula is C21H27N5O2. The molecule has 3 atom stereocenters. The molecule has 2 aromatic heterocycles. The highest BCUT2D eigenvalue weighted by Gasteiger charge is 2.39. The molecule has 2 aromatic rings. The number of rotatable bonds is 7. The Morgan fingerprint density at radius 3 is 2.75 bits per heavy atom. The van der Waals surface area contributed by atoms with E-state index < -0.39 is 0 Å². The van der Waals surface area contributed by atoms with Gasteiger partial charge in [-0.15, -0.1) is 0 Å². The molecule has 28 heavy (non-hydrogen) atoms. The van der Waals surface area contributed by atoms with E-state index in [1.807, 2.05) is 19.2 Å². The first kappa shape index (κ1) is 17.7. The van der Waals surface area contributed by atoms with E-state index in [1.165, 1.54) is 18.4 Å². The predicted molar refractivity (Wildman–Crippen MR) is 109 cm³/mol. The molecule has 3 aliphatic rings. The number of hydrogen-bond donors (Lipinski definition) is 3. The fraction of sp³-hybridized carbons (Fsp3) is 0.524. The summed E-state index contributed by atoms with van der Waals surface area (Å²) in [6.45, 7) is 3.69. The number of hydrogen-bond acceptors (Lipinski definition) is 7. The minimum Gasteiger partial charge on any atom is -0.394 e. The van der Waals surface area contributed by atoms with E-state index in [0.717, 1.165) is 42.7 Å². The molecule has 148 valence electrons. The van der Waals surface area contributed by atoms with Crippen LogP contribution in [0, 0.1) is 0 Å². The highest BCUT2D eigenvalue weighted by Crippen LogP contribution is 2.40. The molecule has 7 nitrogen and oxygen atoms in total. The van der Waals surface area contributed by atoms with Crippen LogP contribution in [0.25, 0.3) is 0 Å². The predicted octanol–water partition coefficient (Wildman–Crippen LogP) is 2.87. The van der Waals surface area contributed by atoms with Crippen molar-refractivity contribution in [3.8, 4) is 0 Å². The zero-order valence-corrected chi connectivity index (χ0v) is 16.1. The summed E-state index contributed by atoms with van der Waals surface area (Å²) in [7, 11) is 0. The van der Waals surface area contributed by atoms with Crippen molar-refractivity contribution in [2.75, 3.05) is 35.3 Å². The molecule has 2 saturated heterocycles. The lowest BCUT2D eigenvalue weighted by Crippen LogP contribution is -2.37. The van der Waals surface area contributed by atoms with Crippen LogP contribution in [0.15, 0.2) is 30.5 Å². The first-order valence-corrected chi connectivity index (χ1v) is 10.2. The monoisotopic (exact) mass is 381 g/mol. The fourth-order valence-corrected chi connectivity index (χ4v) is 4.10. The van der Waals surface area contributed by atoms with Crippen LogP contribution in [0.3, 0.4) is 0 Å². The minimum absolute atomic E-state index is 0.0567. The lowest BCUT2D eigenvalue weighted by Gasteiger charge is -2.29. The molecule has 1 aliphatic carbocycles. The summed E-state index contributed by atoms with van der Waals surface area (Å²) in [5.41, 5.74) is 2.44. The topological polar surface area (TPSA) is 82.5 Å². The molecule has 0 spiro atoms. The van der Waals surface area contributed by atoms with Gasteiger partial charge in [0.25, 0.3) is 0 Å². The van der Waals surface area contributed by atoms with Gasteiger partial charge in [-0.25, -0.2) is 9.97 Å². The van der Waals surface area contributed by atoms with Crippen molar-refractivity contribution < 1.29 is 9.84 Å². The van der Waals surface area contributed by atoms with Crippen LogP contribution in [-0.2, 0) is 4.74 Å². The number of aliphatic hydroxyl groups is 1. The largest absolute Gasteiger partial charge is 0.394 e. The molecule has 0 aromatic carbocycles. The van der Waals surface area contributed by atoms with Gasteiger partial charge in [0.1, 0.15) is 17.5 Å². The van der Waals surface area contributed by atoms with Crippen molar-refractivity contribution in [3.63, 3.8) is 0 Å². The highest BCUT2D eigenvalue weighted by atomic mass is 16.5. The molecule has 3 unspecified atom stereocenters. The second-order valence-corrected chi connectivity index (χ2v) is 8.20. The Morgan fingerprint density at radius 1 is 1.25 bits per heavy atom. The molecule has 7 heteroatoms. The molecule has 0 amide bonds. The zero-order valence-electron chi connectivity index (χ0n) is 16.1. The van der Waals surface area contributed by atoms with E-state index in [9.17, 15) is 5.11 Å². The van der Waals surface area contributed by atoms with E-state index in [1.54, 1.807) is 0 Å². The number of aromatic nitrogens is 2. The Bertz CT molecular complexity index is 839. The van der Waals surface area contributed by atoms with Crippen LogP contribution in [0.1, 0.15) is 37.7 Å². The Balaban J connectivity index is 1.40. The molecule has 3 N–H and O–H groups in total. The zero-order chi connectivity index (χ0) is 19.1. The maximum Gasteiger partial charge on any atom is 0.135 e. The van der Waals surface area contributed by atoms with Gasteiger partial charge in [-0.1, -0.05) is 6.07 Å². The lowest BCUT2D eigenvalue weighted by atomic mass is 10.2. The van der Waals surface area contributed by atoms with Gasteiger partial charge in [0.2, 0.25) is 0 Å². The van der Waals surface area contributed by atoms with Gasteiger partial charge in [-0.3, -0.25) is 0 Å². The maximum absolute atomic E-state index is 9.40. The van der Waals surface area contributed by atoms with Crippen molar-refractivity contribution in [3.05, 3.63) is 36.0 Å². The van der Waals surface area contributed by atoms with Crippen LogP contribution in [0.2, 0.25) is 0 Å². The van der Waals surface area contributed by atoms with Crippen molar-refractivity contribution in [2.45, 2.75) is 50.3 Å². The molecule has 5 rings (SSSR count). The van der Waals surface area contributed by atoms with Crippen LogP contribution >= 0.6 is 0 Å². The highest BCUT2D eigenvalue weighted by molar-refractivity contribution is 5.66. The number of anilines is 4. The maximum atomic E-state index is 9.40. The van der Waals surface area contributed by atoms with Gasteiger partial charge in [-0.05, 0) is 43.7 Å². The van der Waals surface area contributed by atoms with E-state index >= 15 is 0 Å². The number of nitrogens with zero attached hydrogens (tertiary/aromatic N) is 3. The average Bonchev–Trinajstić information content (AvgIpc) is 3.34. The van der Waals surface area contributed by atoms with Gasteiger partial charge < -0.3 is 25.4 Å². The quantitative estimate of drug-likeness (QED) is 0.680. The number of fused-ring (bicyclic) bond motifs is 2. The van der Waals surface area contributed by atoms with Crippen LogP contribution < -0.4 is 15.5 Å². The summed E-state index contributed by atoms with van der Waals surface area (Å²) in [6, 6.07) is 8.68. The number of ether oxygens (including phenoxy) is 1. The summed E-state index contributed by atoms with van der Waals surface area (Å²) in [5, 5.41) is 16.0. The molecule has 0 radical (unpaired) electrons. The third kappa shape index (κ3) is 3.64. The van der Waals surface area contributed by atoms with Gasteiger partial charge in [-0.2, -0.15) is 0 Å². The number of aliphatic hydroxyl groups excluding tert-OH is 1. The van der Waals surface area contributed by atoms with Crippen LogP contribution in [0.4, 0.5) is 23.1 Å². The lowest BCUT2D eigenvalue weighted by molar-refractivity contribution is 0.0991. The van der Waals surface area contributed by atoms with E-state index in [0.29, 0.717) is 18.1 Å². The molecule has 3 fully saturated rings. The smallest absolute Gasteiger partial charge is 0.135 e. The van der Waals surface area contributed by atoms with Crippen molar-refractivity contribution in [1.82, 2.24) is 9.97 Å². The van der Waals surface area contributed by atoms with E-state index in [2.05, 4.69) is 43.7 Å². The average molecular weight is 381 g/mol. The Hall–Kier alpha value is -2.38. The minimum atomic E-state index is -0.0649. The third-order valence-electron chi connectivity index (χ3n) is 5.80.